The maximum absolute atomic E-state index is 11.9. The number of ether oxygens (including phenoxy) is 1. The molecule has 1 N–H and O–H groups in total. The van der Waals surface area contributed by atoms with Gasteiger partial charge in [-0.1, -0.05) is 6.07 Å². The Morgan fingerprint density at radius 2 is 2.39 bits per heavy atom. The Kier molecular flexibility index (Phi) is 4.62. The Morgan fingerprint density at radius 3 is 3.17 bits per heavy atom. The highest BCUT2D eigenvalue weighted by molar-refractivity contribution is 7.10. The summed E-state index contributed by atoms with van der Waals surface area (Å²) < 4.78 is 7.16. The third kappa shape index (κ3) is 3.54. The molecule has 0 aliphatic heterocycles. The van der Waals surface area contributed by atoms with Gasteiger partial charge in [-0.2, -0.15) is 0 Å². The van der Waals surface area contributed by atoms with Crippen LogP contribution in [0.4, 0.5) is 0 Å². The zero-order valence-corrected chi connectivity index (χ0v) is 13.3. The monoisotopic (exact) mass is 329 g/mol. The van der Waals surface area contributed by atoms with Crippen LogP contribution >= 0.6 is 11.3 Å². The van der Waals surface area contributed by atoms with Gasteiger partial charge < -0.3 is 10.1 Å². The lowest BCUT2D eigenvalue weighted by molar-refractivity contribution is -0.116. The van der Waals surface area contributed by atoms with Crippen LogP contribution in [0.5, 0.6) is 5.88 Å². The van der Waals surface area contributed by atoms with Gasteiger partial charge in [-0.25, -0.2) is 4.98 Å². The summed E-state index contributed by atoms with van der Waals surface area (Å²) >= 11 is 1.57. The second-order valence-corrected chi connectivity index (χ2v) is 5.52. The van der Waals surface area contributed by atoms with Gasteiger partial charge in [0.15, 0.2) is 5.82 Å². The summed E-state index contributed by atoms with van der Waals surface area (Å²) in [5.74, 6) is 0.855. The normalized spacial score (nSPS) is 11.2. The van der Waals surface area contributed by atoms with E-state index >= 15 is 0 Å². The van der Waals surface area contributed by atoms with Gasteiger partial charge in [-0.05, 0) is 24.4 Å². The van der Waals surface area contributed by atoms with Crippen molar-refractivity contribution in [3.63, 3.8) is 0 Å². The van der Waals surface area contributed by atoms with Crippen molar-refractivity contribution in [2.75, 3.05) is 6.61 Å². The molecule has 118 valence electrons. The topological polar surface area (TPSA) is 81.4 Å². The predicted octanol–water partition coefficient (Wildman–Crippen LogP) is 1.91. The molecule has 23 heavy (non-hydrogen) atoms. The van der Waals surface area contributed by atoms with Crippen LogP contribution < -0.4 is 10.1 Å². The van der Waals surface area contributed by atoms with Gasteiger partial charge >= 0.3 is 0 Å². The number of carbonyl (C=O) groups is 1. The number of nitrogens with zero attached hydrogens (tertiary/aromatic N) is 4. The minimum atomic E-state index is -0.186. The highest BCUT2D eigenvalue weighted by Crippen LogP contribution is 2.14. The Balaban J connectivity index is 1.67. The number of amides is 1. The van der Waals surface area contributed by atoms with Crippen molar-refractivity contribution in [1.29, 1.82) is 0 Å². The van der Waals surface area contributed by atoms with Crippen LogP contribution in [0.3, 0.4) is 0 Å². The summed E-state index contributed by atoms with van der Waals surface area (Å²) in [5.41, 5.74) is 0.535. The minimum Gasteiger partial charge on any atom is -0.475 e. The molecule has 7 nitrogen and oxygen atoms in total. The fraction of sp³-hybridized carbons (Fsp3) is 0.200. The molecule has 0 aliphatic rings. The highest BCUT2D eigenvalue weighted by Gasteiger charge is 2.11. The molecule has 1 amide bonds. The molecule has 0 bridgehead atoms. The standard InChI is InChI=1S/C15H15N5O2S/c1-2-22-15-14-19-18-12(20(14)8-7-16-15)10-17-13(21)6-5-11-4-3-9-23-11/h3-9H,2,10H2,1H3,(H,17,21). The average Bonchev–Trinajstić information content (AvgIpc) is 3.21. The first-order valence-electron chi connectivity index (χ1n) is 7.08. The number of aromatic nitrogens is 4. The summed E-state index contributed by atoms with van der Waals surface area (Å²) in [4.78, 5) is 17.0. The third-order valence-corrected chi connectivity index (χ3v) is 3.85. The van der Waals surface area contributed by atoms with E-state index in [0.29, 0.717) is 24.0 Å². The summed E-state index contributed by atoms with van der Waals surface area (Å²) in [5, 5.41) is 12.9. The highest BCUT2D eigenvalue weighted by atomic mass is 32.1. The van der Waals surface area contributed by atoms with Crippen LogP contribution in [-0.2, 0) is 11.3 Å². The fourth-order valence-electron chi connectivity index (χ4n) is 1.98. The first-order valence-corrected chi connectivity index (χ1v) is 7.96. The van der Waals surface area contributed by atoms with Gasteiger partial charge in [-0.3, -0.25) is 9.20 Å². The molecule has 0 fully saturated rings. The van der Waals surface area contributed by atoms with Crippen molar-refractivity contribution in [2.24, 2.45) is 0 Å². The summed E-state index contributed by atoms with van der Waals surface area (Å²) in [6.07, 6.45) is 6.63. The lowest BCUT2D eigenvalue weighted by atomic mass is 10.4. The number of thiophene rings is 1. The fourth-order valence-corrected chi connectivity index (χ4v) is 2.60. The smallest absolute Gasteiger partial charge is 0.260 e. The molecule has 3 aromatic rings. The van der Waals surface area contributed by atoms with Crippen LogP contribution in [0.2, 0.25) is 0 Å². The number of nitrogens with one attached hydrogen (secondary N) is 1. The second kappa shape index (κ2) is 7.01. The minimum absolute atomic E-state index is 0.186. The molecule has 0 atom stereocenters. The molecule has 0 aliphatic carbocycles. The van der Waals surface area contributed by atoms with Crippen LogP contribution in [0, 0.1) is 0 Å². The van der Waals surface area contributed by atoms with Crippen LogP contribution in [-0.4, -0.2) is 32.1 Å². The van der Waals surface area contributed by atoms with Gasteiger partial charge in [-0.15, -0.1) is 21.5 Å². The first-order chi connectivity index (χ1) is 11.3. The van der Waals surface area contributed by atoms with E-state index in [4.69, 9.17) is 4.74 Å². The van der Waals surface area contributed by atoms with Gasteiger partial charge in [0.05, 0.1) is 13.2 Å². The number of rotatable bonds is 6. The van der Waals surface area contributed by atoms with E-state index in [2.05, 4.69) is 20.5 Å². The second-order valence-electron chi connectivity index (χ2n) is 4.54. The molecule has 0 unspecified atom stereocenters. The van der Waals surface area contributed by atoms with Gasteiger partial charge in [0.25, 0.3) is 5.88 Å². The lowest BCUT2D eigenvalue weighted by Gasteiger charge is -2.04. The predicted molar refractivity (Wildman–Crippen MR) is 87.2 cm³/mol. The van der Waals surface area contributed by atoms with Crippen LogP contribution in [0.1, 0.15) is 17.6 Å². The SMILES string of the molecule is CCOc1nccn2c(CNC(=O)C=Cc3cccs3)nnc12. The van der Waals surface area contributed by atoms with Crippen molar-refractivity contribution in [3.8, 4) is 5.88 Å². The van der Waals surface area contributed by atoms with Gasteiger partial charge in [0.2, 0.25) is 11.6 Å². The van der Waals surface area contributed by atoms with E-state index in [1.807, 2.05) is 24.4 Å². The molecule has 0 aromatic carbocycles. The van der Waals surface area contributed by atoms with E-state index in [0.717, 1.165) is 4.88 Å². The van der Waals surface area contributed by atoms with E-state index in [9.17, 15) is 4.79 Å². The quantitative estimate of drug-likeness (QED) is 0.699. The molecule has 8 heteroatoms. The Hall–Kier alpha value is -2.74. The Labute approximate surface area is 136 Å². The molecule has 3 heterocycles. The van der Waals surface area contributed by atoms with E-state index in [1.165, 1.54) is 6.08 Å². The number of fused-ring (bicyclic) bond motifs is 1. The zero-order chi connectivity index (χ0) is 16.1. The lowest BCUT2D eigenvalue weighted by Crippen LogP contribution is -2.21. The van der Waals surface area contributed by atoms with Gasteiger partial charge in [0, 0.05) is 23.3 Å². The third-order valence-electron chi connectivity index (χ3n) is 3.01. The first kappa shape index (κ1) is 15.2. The molecule has 3 aromatic heterocycles. The maximum atomic E-state index is 11.9. The molecule has 0 radical (unpaired) electrons. The number of hydrogen-bond acceptors (Lipinski definition) is 6. The molecule has 0 spiro atoms. The number of hydrogen-bond donors (Lipinski definition) is 1. The summed E-state index contributed by atoms with van der Waals surface area (Å²) in [6.45, 7) is 2.64. The largest absolute Gasteiger partial charge is 0.475 e. The molecular formula is C15H15N5O2S. The van der Waals surface area contributed by atoms with Crippen molar-refractivity contribution in [1.82, 2.24) is 24.9 Å². The van der Waals surface area contributed by atoms with Crippen molar-refractivity contribution in [2.45, 2.75) is 13.5 Å². The average molecular weight is 329 g/mol. The Morgan fingerprint density at radius 1 is 1.48 bits per heavy atom. The summed E-state index contributed by atoms with van der Waals surface area (Å²) in [6, 6.07) is 3.89. The van der Waals surface area contributed by atoms with E-state index in [1.54, 1.807) is 34.2 Å². The molecule has 3 rings (SSSR count). The summed E-state index contributed by atoms with van der Waals surface area (Å²) in [7, 11) is 0. The van der Waals surface area contributed by atoms with Crippen LogP contribution in [0.15, 0.2) is 36.0 Å². The molecular weight excluding hydrogens is 314 g/mol. The molecule has 0 saturated carbocycles. The van der Waals surface area contributed by atoms with Gasteiger partial charge in [0.1, 0.15) is 0 Å². The zero-order valence-electron chi connectivity index (χ0n) is 12.5. The van der Waals surface area contributed by atoms with E-state index in [-0.39, 0.29) is 12.5 Å². The Bertz CT molecular complexity index is 826. The number of carbonyl (C=O) groups excluding carboxylic acids is 1. The maximum Gasteiger partial charge on any atom is 0.260 e. The van der Waals surface area contributed by atoms with Crippen LogP contribution in [0.25, 0.3) is 11.7 Å². The van der Waals surface area contributed by atoms with Crippen molar-refractivity contribution >= 4 is 29.0 Å². The van der Waals surface area contributed by atoms with Crippen molar-refractivity contribution in [3.05, 3.63) is 46.7 Å². The van der Waals surface area contributed by atoms with E-state index < -0.39 is 0 Å². The molecule has 0 saturated heterocycles. The van der Waals surface area contributed by atoms with Crippen molar-refractivity contribution < 1.29 is 9.53 Å².